The van der Waals surface area contributed by atoms with Gasteiger partial charge in [0.2, 0.25) is 0 Å². The molecule has 0 aromatic heterocycles. The van der Waals surface area contributed by atoms with Crippen LogP contribution in [0.5, 0.6) is 0 Å². The zero-order valence-corrected chi connectivity index (χ0v) is 13.9. The Bertz CT molecular complexity index is 841. The van der Waals surface area contributed by atoms with Gasteiger partial charge in [-0.15, -0.1) is 0 Å². The van der Waals surface area contributed by atoms with E-state index in [2.05, 4.69) is 0 Å². The van der Waals surface area contributed by atoms with Crippen molar-refractivity contribution in [1.82, 2.24) is 0 Å². The second-order valence-corrected chi connectivity index (χ2v) is 6.75. The van der Waals surface area contributed by atoms with E-state index in [0.29, 0.717) is 31.5 Å². The molecule has 22 heavy (non-hydrogen) atoms. The van der Waals surface area contributed by atoms with E-state index in [4.69, 9.17) is 23.2 Å². The molecule has 0 N–H and O–H groups in total. The summed E-state index contributed by atoms with van der Waals surface area (Å²) in [7, 11) is 0. The van der Waals surface area contributed by atoms with Crippen LogP contribution < -0.4 is 0 Å². The number of thioether (sulfide) groups is 1. The molecule has 2 nitrogen and oxygen atoms in total. The van der Waals surface area contributed by atoms with E-state index in [1.54, 1.807) is 30.3 Å². The zero-order chi connectivity index (χ0) is 15.9. The summed E-state index contributed by atoms with van der Waals surface area (Å²) in [6.07, 6.45) is 0. The molecule has 0 amide bonds. The summed E-state index contributed by atoms with van der Waals surface area (Å²) in [6, 6.07) is 10.4. The molecule has 0 saturated heterocycles. The number of hydrogen-bond acceptors (Lipinski definition) is 3. The zero-order valence-electron chi connectivity index (χ0n) is 11.5. The summed E-state index contributed by atoms with van der Waals surface area (Å²) in [5.41, 5.74) is 3.81. The number of carbonyl (C=O) groups excluding carboxylic acids is 2. The lowest BCUT2D eigenvalue weighted by molar-refractivity contribution is 0.0977. The van der Waals surface area contributed by atoms with E-state index in [1.165, 1.54) is 17.3 Å². The molecule has 2 aromatic carbocycles. The maximum absolute atomic E-state index is 12.8. The van der Waals surface area contributed by atoms with Gasteiger partial charge in [0.1, 0.15) is 0 Å². The standard InChI is InChI=1S/C17H10Cl2O2S/c1-9-6-7-12-14(17(9)22-13(19)8-18)16(21)11-5-3-2-4-10(11)15(12)20/h2-8H,1H3/b13-8-. The highest BCUT2D eigenvalue weighted by Crippen LogP contribution is 2.40. The summed E-state index contributed by atoms with van der Waals surface area (Å²) in [5.74, 6) is -0.298. The Balaban J connectivity index is 2.27. The van der Waals surface area contributed by atoms with Gasteiger partial charge in [-0.2, -0.15) is 0 Å². The van der Waals surface area contributed by atoms with Gasteiger partial charge in [-0.1, -0.05) is 65.3 Å². The Labute approximate surface area is 142 Å². The van der Waals surface area contributed by atoms with Crippen molar-refractivity contribution in [2.75, 3.05) is 0 Å². The number of rotatable bonds is 2. The summed E-state index contributed by atoms with van der Waals surface area (Å²) >= 11 is 12.8. The van der Waals surface area contributed by atoms with E-state index in [9.17, 15) is 9.59 Å². The van der Waals surface area contributed by atoms with Crippen LogP contribution in [0.15, 0.2) is 51.2 Å². The first-order valence-corrected chi connectivity index (χ1v) is 8.13. The molecule has 110 valence electrons. The van der Waals surface area contributed by atoms with Crippen molar-refractivity contribution in [1.29, 1.82) is 0 Å². The van der Waals surface area contributed by atoms with Gasteiger partial charge in [0.25, 0.3) is 0 Å². The van der Waals surface area contributed by atoms with E-state index in [0.717, 1.165) is 5.56 Å². The summed E-state index contributed by atoms with van der Waals surface area (Å²) in [6.45, 7) is 1.87. The molecular weight excluding hydrogens is 339 g/mol. The summed E-state index contributed by atoms with van der Waals surface area (Å²) in [5, 5.41) is 0. The maximum atomic E-state index is 12.8. The van der Waals surface area contributed by atoms with Crippen LogP contribution >= 0.6 is 35.0 Å². The molecule has 5 heteroatoms. The Morgan fingerprint density at radius 1 is 1.00 bits per heavy atom. The minimum Gasteiger partial charge on any atom is -0.289 e. The van der Waals surface area contributed by atoms with Gasteiger partial charge in [-0.3, -0.25) is 9.59 Å². The van der Waals surface area contributed by atoms with Crippen molar-refractivity contribution >= 4 is 46.5 Å². The summed E-state index contributed by atoms with van der Waals surface area (Å²) < 4.78 is 0.345. The third-order valence-electron chi connectivity index (χ3n) is 3.53. The number of carbonyl (C=O) groups is 2. The van der Waals surface area contributed by atoms with Gasteiger partial charge in [0.15, 0.2) is 11.6 Å². The van der Waals surface area contributed by atoms with Gasteiger partial charge >= 0.3 is 0 Å². The number of hydrogen-bond donors (Lipinski definition) is 0. The highest BCUT2D eigenvalue weighted by Gasteiger charge is 2.32. The van der Waals surface area contributed by atoms with Gasteiger partial charge in [-0.05, 0) is 18.6 Å². The molecule has 0 radical (unpaired) electrons. The first-order valence-electron chi connectivity index (χ1n) is 6.50. The molecule has 0 unspecified atom stereocenters. The highest BCUT2D eigenvalue weighted by atomic mass is 35.5. The van der Waals surface area contributed by atoms with Crippen molar-refractivity contribution in [3.8, 4) is 0 Å². The number of aryl methyl sites for hydroxylation is 1. The fourth-order valence-electron chi connectivity index (χ4n) is 2.51. The van der Waals surface area contributed by atoms with E-state index < -0.39 is 0 Å². The second kappa shape index (κ2) is 5.92. The molecule has 0 atom stereocenters. The predicted molar refractivity (Wildman–Crippen MR) is 90.1 cm³/mol. The van der Waals surface area contributed by atoms with Crippen LogP contribution in [-0.2, 0) is 0 Å². The third kappa shape index (κ3) is 2.39. The van der Waals surface area contributed by atoms with Crippen LogP contribution in [0.25, 0.3) is 0 Å². The fourth-order valence-corrected chi connectivity index (χ4v) is 3.65. The van der Waals surface area contributed by atoms with Crippen molar-refractivity contribution in [2.24, 2.45) is 0 Å². The van der Waals surface area contributed by atoms with Crippen LogP contribution in [0, 0.1) is 6.92 Å². The highest BCUT2D eigenvalue weighted by molar-refractivity contribution is 8.04. The van der Waals surface area contributed by atoms with Gasteiger partial charge < -0.3 is 0 Å². The fraction of sp³-hybridized carbons (Fsp3) is 0.0588. The van der Waals surface area contributed by atoms with Gasteiger partial charge in [-0.25, -0.2) is 0 Å². The first kappa shape index (κ1) is 15.3. The molecule has 1 aliphatic rings. The van der Waals surface area contributed by atoms with E-state index >= 15 is 0 Å². The van der Waals surface area contributed by atoms with Crippen molar-refractivity contribution in [3.05, 3.63) is 74.1 Å². The van der Waals surface area contributed by atoms with Crippen LogP contribution in [0.2, 0.25) is 0 Å². The SMILES string of the molecule is Cc1ccc2c(c1S/C(Cl)=C\Cl)C(=O)c1ccccc1C2=O. The Morgan fingerprint density at radius 3 is 2.27 bits per heavy atom. The maximum Gasteiger partial charge on any atom is 0.195 e. The Morgan fingerprint density at radius 2 is 1.64 bits per heavy atom. The number of benzene rings is 2. The van der Waals surface area contributed by atoms with E-state index in [1.807, 2.05) is 13.0 Å². The quantitative estimate of drug-likeness (QED) is 0.601. The Hall–Kier alpha value is -1.55. The minimum absolute atomic E-state index is 0.141. The van der Waals surface area contributed by atoms with Crippen molar-refractivity contribution in [3.63, 3.8) is 0 Å². The number of halogens is 2. The average Bonchev–Trinajstić information content (AvgIpc) is 2.54. The molecule has 0 heterocycles. The van der Waals surface area contributed by atoms with Gasteiger partial charge in [0, 0.05) is 32.7 Å². The number of fused-ring (bicyclic) bond motifs is 2. The Kier molecular flexibility index (Phi) is 4.13. The molecule has 3 rings (SSSR count). The van der Waals surface area contributed by atoms with E-state index in [-0.39, 0.29) is 11.6 Å². The minimum atomic E-state index is -0.157. The third-order valence-corrected chi connectivity index (χ3v) is 5.37. The van der Waals surface area contributed by atoms with Crippen molar-refractivity contribution in [2.45, 2.75) is 11.8 Å². The molecule has 0 saturated carbocycles. The van der Waals surface area contributed by atoms with Crippen LogP contribution in [0.1, 0.15) is 37.4 Å². The molecular formula is C17H10Cl2O2S. The molecule has 2 aromatic rings. The average molecular weight is 349 g/mol. The molecule has 1 aliphatic carbocycles. The number of ketones is 2. The van der Waals surface area contributed by atoms with Crippen LogP contribution in [0.3, 0.4) is 0 Å². The normalized spacial score (nSPS) is 13.9. The predicted octanol–water partition coefficient (Wildman–Crippen LogP) is 5.14. The smallest absolute Gasteiger partial charge is 0.195 e. The lowest BCUT2D eigenvalue weighted by Gasteiger charge is -2.21. The molecule has 0 fully saturated rings. The largest absolute Gasteiger partial charge is 0.289 e. The van der Waals surface area contributed by atoms with Crippen LogP contribution in [-0.4, -0.2) is 11.6 Å². The second-order valence-electron chi connectivity index (χ2n) is 4.85. The summed E-state index contributed by atoms with van der Waals surface area (Å²) in [4.78, 5) is 26.1. The van der Waals surface area contributed by atoms with Crippen LogP contribution in [0.4, 0.5) is 0 Å². The molecule has 0 aliphatic heterocycles. The lowest BCUT2D eigenvalue weighted by atomic mass is 9.83. The van der Waals surface area contributed by atoms with Gasteiger partial charge in [0.05, 0.1) is 4.36 Å². The first-order chi connectivity index (χ1) is 10.5. The lowest BCUT2D eigenvalue weighted by Crippen LogP contribution is -2.22. The van der Waals surface area contributed by atoms with Crippen molar-refractivity contribution < 1.29 is 9.59 Å². The molecule has 0 spiro atoms. The topological polar surface area (TPSA) is 34.1 Å². The monoisotopic (exact) mass is 348 g/mol. The molecule has 0 bridgehead atoms.